The van der Waals surface area contributed by atoms with Crippen LogP contribution in [0.15, 0.2) is 18.2 Å². The molecule has 5 heteroatoms. The van der Waals surface area contributed by atoms with E-state index < -0.39 is 0 Å². The van der Waals surface area contributed by atoms with Crippen LogP contribution in [0.3, 0.4) is 0 Å². The summed E-state index contributed by atoms with van der Waals surface area (Å²) >= 11 is 1.79. The number of hydrogen-bond acceptors (Lipinski definition) is 4. The number of thioether (sulfide) groups is 1. The van der Waals surface area contributed by atoms with Crippen LogP contribution >= 0.6 is 11.8 Å². The summed E-state index contributed by atoms with van der Waals surface area (Å²) in [6.45, 7) is 3.49. The van der Waals surface area contributed by atoms with Crippen molar-refractivity contribution in [2.24, 2.45) is 0 Å². The molecule has 0 heterocycles. The van der Waals surface area contributed by atoms with Crippen molar-refractivity contribution in [1.82, 2.24) is 5.32 Å². The third kappa shape index (κ3) is 3.83. The Morgan fingerprint density at radius 3 is 2.81 bits per heavy atom. The molecule has 0 bridgehead atoms. The minimum atomic E-state index is -0.347. The van der Waals surface area contributed by atoms with Crippen LogP contribution in [0.2, 0.25) is 0 Å². The molecule has 0 aliphatic carbocycles. The summed E-state index contributed by atoms with van der Waals surface area (Å²) in [6, 6.07) is 5.24. The number of aryl methyl sites for hydroxylation is 1. The van der Waals surface area contributed by atoms with Gasteiger partial charge in [-0.2, -0.15) is 11.8 Å². The number of nitrogens with one attached hydrogen (secondary N) is 1. The summed E-state index contributed by atoms with van der Waals surface area (Å²) in [7, 11) is 0. The molecular formula is C11H16N2O2S. The van der Waals surface area contributed by atoms with E-state index in [4.69, 9.17) is 0 Å². The fourth-order valence-electron chi connectivity index (χ4n) is 1.44. The van der Waals surface area contributed by atoms with Gasteiger partial charge in [0.15, 0.2) is 0 Å². The lowest BCUT2D eigenvalue weighted by atomic mass is 10.1. The predicted octanol–water partition coefficient (Wildman–Crippen LogP) is 2.36. The van der Waals surface area contributed by atoms with Gasteiger partial charge >= 0.3 is 0 Å². The molecule has 1 aromatic rings. The molecule has 0 radical (unpaired) electrons. The zero-order valence-corrected chi connectivity index (χ0v) is 10.3. The molecule has 1 aromatic carbocycles. The lowest BCUT2D eigenvalue weighted by Gasteiger charge is -2.05. The van der Waals surface area contributed by atoms with Crippen LogP contribution in [0, 0.1) is 17.0 Å². The van der Waals surface area contributed by atoms with Crippen LogP contribution in [0.25, 0.3) is 0 Å². The molecule has 0 saturated carbocycles. The second-order valence-electron chi connectivity index (χ2n) is 3.55. The largest absolute Gasteiger partial charge is 0.312 e. The Labute approximate surface area is 99.6 Å². The molecule has 1 rings (SSSR count). The molecule has 0 aliphatic heterocycles. The van der Waals surface area contributed by atoms with E-state index in [2.05, 4.69) is 11.6 Å². The van der Waals surface area contributed by atoms with E-state index in [-0.39, 0.29) is 10.6 Å². The summed E-state index contributed by atoms with van der Waals surface area (Å²) in [6.07, 6.45) is 2.07. The molecule has 0 amide bonds. The summed E-state index contributed by atoms with van der Waals surface area (Å²) in [4.78, 5) is 10.3. The summed E-state index contributed by atoms with van der Waals surface area (Å²) in [5.74, 6) is 1.08. The highest BCUT2D eigenvalue weighted by molar-refractivity contribution is 7.98. The zero-order chi connectivity index (χ0) is 12.0. The van der Waals surface area contributed by atoms with Crippen LogP contribution in [0.4, 0.5) is 5.69 Å². The quantitative estimate of drug-likeness (QED) is 0.471. The first-order chi connectivity index (χ1) is 7.65. The third-order valence-corrected chi connectivity index (χ3v) is 2.88. The highest BCUT2D eigenvalue weighted by Gasteiger charge is 2.09. The normalized spacial score (nSPS) is 10.4. The van der Waals surface area contributed by atoms with E-state index in [9.17, 15) is 10.1 Å². The van der Waals surface area contributed by atoms with Crippen molar-refractivity contribution in [2.75, 3.05) is 18.6 Å². The van der Waals surface area contributed by atoms with Crippen LogP contribution in [-0.2, 0) is 6.54 Å². The summed E-state index contributed by atoms with van der Waals surface area (Å²) in [5.41, 5.74) is 1.99. The third-order valence-electron chi connectivity index (χ3n) is 2.27. The fourth-order valence-corrected chi connectivity index (χ4v) is 1.79. The van der Waals surface area contributed by atoms with Gasteiger partial charge in [-0.25, -0.2) is 0 Å². The Bertz CT molecular complexity index is 369. The van der Waals surface area contributed by atoms with Gasteiger partial charge < -0.3 is 5.32 Å². The molecule has 0 aromatic heterocycles. The molecule has 0 fully saturated rings. The minimum absolute atomic E-state index is 0.188. The zero-order valence-electron chi connectivity index (χ0n) is 9.53. The fraction of sp³-hybridized carbons (Fsp3) is 0.455. The SMILES string of the molecule is CSCCNCc1ccc([N+](=O)[O-])c(C)c1. The van der Waals surface area contributed by atoms with Crippen molar-refractivity contribution in [2.45, 2.75) is 13.5 Å². The van der Waals surface area contributed by atoms with Gasteiger partial charge in [-0.1, -0.05) is 6.07 Å². The minimum Gasteiger partial charge on any atom is -0.312 e. The highest BCUT2D eigenvalue weighted by Crippen LogP contribution is 2.18. The molecular weight excluding hydrogens is 224 g/mol. The van der Waals surface area contributed by atoms with Crippen LogP contribution in [-0.4, -0.2) is 23.5 Å². The van der Waals surface area contributed by atoms with Gasteiger partial charge in [0.1, 0.15) is 0 Å². The lowest BCUT2D eigenvalue weighted by Crippen LogP contribution is -2.16. The maximum atomic E-state index is 10.6. The Morgan fingerprint density at radius 1 is 1.50 bits per heavy atom. The molecule has 0 aliphatic rings. The van der Waals surface area contributed by atoms with E-state index in [0.29, 0.717) is 5.56 Å². The van der Waals surface area contributed by atoms with Crippen LogP contribution < -0.4 is 5.32 Å². The standard InChI is InChI=1S/C11H16N2O2S/c1-9-7-10(8-12-5-6-16-2)3-4-11(9)13(14)15/h3-4,7,12H,5-6,8H2,1-2H3. The van der Waals surface area contributed by atoms with Crippen LogP contribution in [0.1, 0.15) is 11.1 Å². The van der Waals surface area contributed by atoms with Crippen molar-refractivity contribution in [1.29, 1.82) is 0 Å². The number of nitro groups is 1. The number of nitrogens with zero attached hydrogens (tertiary/aromatic N) is 1. The van der Waals surface area contributed by atoms with E-state index in [1.807, 2.05) is 6.07 Å². The number of nitro benzene ring substituents is 1. The van der Waals surface area contributed by atoms with Crippen molar-refractivity contribution in [3.63, 3.8) is 0 Å². The second-order valence-corrected chi connectivity index (χ2v) is 4.53. The van der Waals surface area contributed by atoms with Crippen molar-refractivity contribution in [3.05, 3.63) is 39.4 Å². The number of benzene rings is 1. The topological polar surface area (TPSA) is 55.2 Å². The molecule has 88 valence electrons. The Balaban J connectivity index is 2.56. The van der Waals surface area contributed by atoms with Gasteiger partial charge in [0.2, 0.25) is 0 Å². The van der Waals surface area contributed by atoms with Crippen molar-refractivity contribution in [3.8, 4) is 0 Å². The van der Waals surface area contributed by atoms with Crippen molar-refractivity contribution >= 4 is 17.4 Å². The average Bonchev–Trinajstić information content (AvgIpc) is 2.24. The summed E-state index contributed by atoms with van der Waals surface area (Å²) in [5, 5.41) is 13.9. The Kier molecular flexibility index (Phi) is 5.28. The van der Waals surface area contributed by atoms with Crippen LogP contribution in [0.5, 0.6) is 0 Å². The molecule has 0 spiro atoms. The Morgan fingerprint density at radius 2 is 2.25 bits per heavy atom. The monoisotopic (exact) mass is 240 g/mol. The first kappa shape index (κ1) is 13.0. The lowest BCUT2D eigenvalue weighted by molar-refractivity contribution is -0.385. The number of rotatable bonds is 6. The molecule has 4 nitrogen and oxygen atoms in total. The molecule has 0 unspecified atom stereocenters. The van der Waals surface area contributed by atoms with Gasteiger partial charge in [0, 0.05) is 30.5 Å². The first-order valence-electron chi connectivity index (χ1n) is 5.08. The van der Waals surface area contributed by atoms with E-state index in [1.54, 1.807) is 30.8 Å². The van der Waals surface area contributed by atoms with Gasteiger partial charge in [0.05, 0.1) is 4.92 Å². The van der Waals surface area contributed by atoms with Crippen molar-refractivity contribution < 1.29 is 4.92 Å². The van der Waals surface area contributed by atoms with E-state index in [0.717, 1.165) is 24.4 Å². The maximum absolute atomic E-state index is 10.6. The average molecular weight is 240 g/mol. The molecule has 1 N–H and O–H groups in total. The molecule has 0 saturated heterocycles. The second kappa shape index (κ2) is 6.50. The summed E-state index contributed by atoms with van der Waals surface area (Å²) < 4.78 is 0. The smallest absolute Gasteiger partial charge is 0.272 e. The molecule has 0 atom stereocenters. The van der Waals surface area contributed by atoms with Gasteiger partial charge in [-0.3, -0.25) is 10.1 Å². The first-order valence-corrected chi connectivity index (χ1v) is 6.48. The Hall–Kier alpha value is -1.07. The maximum Gasteiger partial charge on any atom is 0.272 e. The number of hydrogen-bond donors (Lipinski definition) is 1. The van der Waals surface area contributed by atoms with E-state index >= 15 is 0 Å². The van der Waals surface area contributed by atoms with Gasteiger partial charge in [-0.05, 0) is 24.8 Å². The highest BCUT2D eigenvalue weighted by atomic mass is 32.2. The van der Waals surface area contributed by atoms with Gasteiger partial charge in [0.25, 0.3) is 5.69 Å². The molecule has 16 heavy (non-hydrogen) atoms. The predicted molar refractivity (Wildman–Crippen MR) is 67.9 cm³/mol. The van der Waals surface area contributed by atoms with Gasteiger partial charge in [-0.15, -0.1) is 0 Å². The van der Waals surface area contributed by atoms with E-state index in [1.165, 1.54) is 0 Å².